The first-order valence-electron chi connectivity index (χ1n) is 8.40. The number of hydrogen-bond acceptors (Lipinski definition) is 2. The Hall–Kier alpha value is -1.84. The molecule has 132 valence electrons. The predicted molar refractivity (Wildman–Crippen MR) is 102 cm³/mol. The van der Waals surface area contributed by atoms with E-state index in [9.17, 15) is 9.59 Å². The molecule has 0 atom stereocenters. The van der Waals surface area contributed by atoms with Crippen molar-refractivity contribution < 1.29 is 9.59 Å². The average molecular weight is 378 g/mol. The lowest BCUT2D eigenvalue weighted by Crippen LogP contribution is -2.37. The summed E-state index contributed by atoms with van der Waals surface area (Å²) in [7, 11) is 0. The summed E-state index contributed by atoms with van der Waals surface area (Å²) in [5.74, 6) is -0.687. The molecule has 2 aromatic carbocycles. The molecular weight excluding hydrogens is 357 g/mol. The normalized spacial score (nSPS) is 10.5. The van der Waals surface area contributed by atoms with Crippen molar-refractivity contribution in [2.45, 2.75) is 32.6 Å². The van der Waals surface area contributed by atoms with Crippen molar-refractivity contribution in [3.63, 3.8) is 0 Å². The molecule has 25 heavy (non-hydrogen) atoms. The molecule has 3 nitrogen and oxygen atoms in total. The molecule has 0 radical (unpaired) electrons. The van der Waals surface area contributed by atoms with E-state index in [2.05, 4.69) is 6.92 Å². The van der Waals surface area contributed by atoms with Crippen molar-refractivity contribution >= 4 is 35.0 Å². The Morgan fingerprint density at radius 2 is 1.36 bits per heavy atom. The van der Waals surface area contributed by atoms with Gasteiger partial charge in [0.1, 0.15) is 0 Å². The second-order valence-electron chi connectivity index (χ2n) is 5.84. The molecule has 0 bridgehead atoms. The average Bonchev–Trinajstić information content (AvgIpc) is 2.61. The SMILES string of the molecule is CCCCCCN(C(=O)c1cccc(Cl)c1)C(=O)c1cccc(Cl)c1. The molecule has 0 aromatic heterocycles. The summed E-state index contributed by atoms with van der Waals surface area (Å²) >= 11 is 12.0. The summed E-state index contributed by atoms with van der Waals surface area (Å²) in [6.07, 6.45) is 3.90. The maximum Gasteiger partial charge on any atom is 0.260 e. The fourth-order valence-corrected chi connectivity index (χ4v) is 2.93. The van der Waals surface area contributed by atoms with E-state index in [1.54, 1.807) is 48.5 Å². The molecule has 0 aliphatic rings. The molecule has 0 aliphatic carbocycles. The molecule has 0 N–H and O–H groups in total. The van der Waals surface area contributed by atoms with Crippen molar-refractivity contribution in [2.75, 3.05) is 6.54 Å². The number of carbonyl (C=O) groups excluding carboxylic acids is 2. The summed E-state index contributed by atoms with van der Waals surface area (Å²) in [5.41, 5.74) is 0.803. The van der Waals surface area contributed by atoms with Crippen molar-refractivity contribution in [3.8, 4) is 0 Å². The van der Waals surface area contributed by atoms with E-state index < -0.39 is 0 Å². The van der Waals surface area contributed by atoms with Gasteiger partial charge < -0.3 is 0 Å². The lowest BCUT2D eigenvalue weighted by Gasteiger charge is -2.21. The van der Waals surface area contributed by atoms with E-state index in [4.69, 9.17) is 23.2 Å². The van der Waals surface area contributed by atoms with Gasteiger partial charge >= 0.3 is 0 Å². The highest BCUT2D eigenvalue weighted by Gasteiger charge is 2.24. The van der Waals surface area contributed by atoms with Crippen LogP contribution < -0.4 is 0 Å². The van der Waals surface area contributed by atoms with Gasteiger partial charge in [-0.3, -0.25) is 14.5 Å². The lowest BCUT2D eigenvalue weighted by molar-refractivity contribution is 0.0613. The van der Waals surface area contributed by atoms with Crippen LogP contribution in [0.2, 0.25) is 10.0 Å². The van der Waals surface area contributed by atoms with Gasteiger partial charge in [-0.25, -0.2) is 0 Å². The number of hydrogen-bond donors (Lipinski definition) is 0. The number of unbranched alkanes of at least 4 members (excludes halogenated alkanes) is 3. The van der Waals surface area contributed by atoms with Crippen LogP contribution in [0.25, 0.3) is 0 Å². The van der Waals surface area contributed by atoms with Gasteiger partial charge in [0.15, 0.2) is 0 Å². The van der Waals surface area contributed by atoms with E-state index in [1.807, 2.05) is 0 Å². The number of carbonyl (C=O) groups is 2. The highest BCUT2D eigenvalue weighted by Crippen LogP contribution is 2.18. The first kappa shape index (κ1) is 19.5. The summed E-state index contributed by atoms with van der Waals surface area (Å²) in [5, 5.41) is 0.930. The Morgan fingerprint density at radius 3 is 1.80 bits per heavy atom. The van der Waals surface area contributed by atoms with E-state index in [-0.39, 0.29) is 11.8 Å². The molecule has 2 amide bonds. The van der Waals surface area contributed by atoms with Crippen LogP contribution in [0.15, 0.2) is 48.5 Å². The standard InChI is InChI=1S/C20H21Cl2NO2/c1-2-3-4-5-12-23(19(24)15-8-6-10-17(21)13-15)20(25)16-9-7-11-18(22)14-16/h6-11,13-14H,2-5,12H2,1H3. The number of halogens is 2. The second-order valence-corrected chi connectivity index (χ2v) is 6.72. The van der Waals surface area contributed by atoms with Crippen LogP contribution in [-0.4, -0.2) is 23.3 Å². The maximum absolute atomic E-state index is 12.9. The summed E-state index contributed by atoms with van der Waals surface area (Å²) < 4.78 is 0. The molecule has 2 rings (SSSR count). The van der Waals surface area contributed by atoms with E-state index >= 15 is 0 Å². The van der Waals surface area contributed by atoms with Crippen molar-refractivity contribution in [2.24, 2.45) is 0 Å². The third kappa shape index (κ3) is 5.58. The van der Waals surface area contributed by atoms with Crippen LogP contribution in [-0.2, 0) is 0 Å². The van der Waals surface area contributed by atoms with Crippen molar-refractivity contribution in [3.05, 3.63) is 69.7 Å². The number of nitrogens with zero attached hydrogens (tertiary/aromatic N) is 1. The minimum absolute atomic E-state index is 0.344. The smallest absolute Gasteiger partial charge is 0.260 e. The Morgan fingerprint density at radius 1 is 0.840 bits per heavy atom. The molecule has 0 spiro atoms. The Kier molecular flexibility index (Phi) is 7.48. The monoisotopic (exact) mass is 377 g/mol. The summed E-state index contributed by atoms with van der Waals surface area (Å²) in [4.78, 5) is 27.0. The van der Waals surface area contributed by atoms with Crippen LogP contribution in [0, 0.1) is 0 Å². The van der Waals surface area contributed by atoms with Gasteiger partial charge in [0.2, 0.25) is 0 Å². The van der Waals surface area contributed by atoms with Gasteiger partial charge in [0.25, 0.3) is 11.8 Å². The number of imide groups is 1. The van der Waals surface area contributed by atoms with Crippen molar-refractivity contribution in [1.29, 1.82) is 0 Å². The van der Waals surface area contributed by atoms with Gasteiger partial charge in [-0.2, -0.15) is 0 Å². The third-order valence-corrected chi connectivity index (χ3v) is 4.34. The molecule has 2 aromatic rings. The zero-order valence-electron chi connectivity index (χ0n) is 14.2. The Balaban J connectivity index is 2.25. The van der Waals surface area contributed by atoms with Crippen LogP contribution in [0.3, 0.4) is 0 Å². The number of benzene rings is 2. The minimum atomic E-state index is -0.344. The first-order valence-corrected chi connectivity index (χ1v) is 9.16. The highest BCUT2D eigenvalue weighted by atomic mass is 35.5. The second kappa shape index (κ2) is 9.59. The third-order valence-electron chi connectivity index (χ3n) is 3.87. The molecule has 0 unspecified atom stereocenters. The molecule has 5 heteroatoms. The van der Waals surface area contributed by atoms with Gasteiger partial charge in [-0.15, -0.1) is 0 Å². The molecular formula is C20H21Cl2NO2. The van der Waals surface area contributed by atoms with Crippen molar-refractivity contribution in [1.82, 2.24) is 4.90 Å². The largest absolute Gasteiger partial charge is 0.274 e. The van der Waals surface area contributed by atoms with E-state index in [1.165, 1.54) is 4.90 Å². The summed E-state index contributed by atoms with van der Waals surface area (Å²) in [6, 6.07) is 13.3. The maximum atomic E-state index is 12.9. The zero-order chi connectivity index (χ0) is 18.2. The van der Waals surface area contributed by atoms with Crippen LogP contribution in [0.1, 0.15) is 53.3 Å². The Labute approximate surface area is 158 Å². The number of rotatable bonds is 7. The van der Waals surface area contributed by atoms with Gasteiger partial charge in [-0.05, 0) is 42.8 Å². The first-order chi connectivity index (χ1) is 12.0. The van der Waals surface area contributed by atoms with Crippen LogP contribution >= 0.6 is 23.2 Å². The topological polar surface area (TPSA) is 37.4 Å². The fourth-order valence-electron chi connectivity index (χ4n) is 2.55. The highest BCUT2D eigenvalue weighted by molar-refractivity contribution is 6.31. The molecule has 0 saturated carbocycles. The zero-order valence-corrected chi connectivity index (χ0v) is 15.7. The van der Waals surface area contributed by atoms with Gasteiger partial charge in [-0.1, -0.05) is 61.5 Å². The summed E-state index contributed by atoms with van der Waals surface area (Å²) in [6.45, 7) is 2.49. The fraction of sp³-hybridized carbons (Fsp3) is 0.300. The molecule has 0 heterocycles. The Bertz CT molecular complexity index is 688. The molecule has 0 saturated heterocycles. The van der Waals surface area contributed by atoms with Gasteiger partial charge in [0, 0.05) is 27.7 Å². The predicted octanol–water partition coefficient (Wildman–Crippen LogP) is 5.86. The molecule has 0 fully saturated rings. The quantitative estimate of drug-likeness (QED) is 0.447. The van der Waals surface area contributed by atoms with E-state index in [0.717, 1.165) is 25.7 Å². The minimum Gasteiger partial charge on any atom is -0.274 e. The van der Waals surface area contributed by atoms with Crippen LogP contribution in [0.5, 0.6) is 0 Å². The van der Waals surface area contributed by atoms with Gasteiger partial charge in [0.05, 0.1) is 0 Å². The molecule has 0 aliphatic heterocycles. The number of amides is 2. The van der Waals surface area contributed by atoms with E-state index in [0.29, 0.717) is 27.7 Å². The lowest BCUT2D eigenvalue weighted by atomic mass is 10.1. The van der Waals surface area contributed by atoms with Crippen LogP contribution in [0.4, 0.5) is 0 Å².